The zero-order valence-electron chi connectivity index (χ0n) is 10.5. The Morgan fingerprint density at radius 3 is 2.38 bits per heavy atom. The van der Waals surface area contributed by atoms with Gasteiger partial charge in [-0.05, 0) is 41.3 Å². The minimum absolute atomic E-state index is 0.860. The number of fused-ring (bicyclic) bond motifs is 1. The van der Waals surface area contributed by atoms with Crippen molar-refractivity contribution in [2.45, 2.75) is 34.1 Å². The molecule has 0 aliphatic carbocycles. The zero-order valence-corrected chi connectivity index (χ0v) is 11.2. The van der Waals surface area contributed by atoms with Gasteiger partial charge < -0.3 is 0 Å². The van der Waals surface area contributed by atoms with Crippen LogP contribution in [-0.2, 0) is 6.42 Å². The van der Waals surface area contributed by atoms with Gasteiger partial charge in [-0.3, -0.25) is 0 Å². The Kier molecular flexibility index (Phi) is 4.82. The highest BCUT2D eigenvalue weighted by Gasteiger charge is 2.04. The molecule has 0 aliphatic rings. The molecule has 0 bridgehead atoms. The van der Waals surface area contributed by atoms with Gasteiger partial charge in [0.05, 0.1) is 0 Å². The van der Waals surface area contributed by atoms with Crippen molar-refractivity contribution in [3.8, 4) is 0 Å². The minimum Gasteiger partial charge on any atom is -0.0840 e. The summed E-state index contributed by atoms with van der Waals surface area (Å²) in [5.41, 5.74) is 2.57. The molecule has 2 aromatic rings. The molecule has 86 valence electrons. The highest BCUT2D eigenvalue weighted by Crippen LogP contribution is 2.28. The average molecular weight is 235 g/mol. The van der Waals surface area contributed by atoms with E-state index in [0.29, 0.717) is 0 Å². The van der Waals surface area contributed by atoms with Crippen LogP contribution in [0.5, 0.6) is 0 Å². The van der Waals surface area contributed by atoms with Crippen LogP contribution in [0.2, 0.25) is 5.02 Å². The van der Waals surface area contributed by atoms with Gasteiger partial charge in [-0.1, -0.05) is 56.6 Å². The third-order valence-electron chi connectivity index (χ3n) is 2.71. The number of halogens is 1. The lowest BCUT2D eigenvalue weighted by atomic mass is 9.99. The maximum absolute atomic E-state index is 6.12. The normalized spacial score (nSPS) is 9.81. The Morgan fingerprint density at radius 1 is 1.06 bits per heavy atom. The lowest BCUT2D eigenvalue weighted by Gasteiger charge is -2.08. The van der Waals surface area contributed by atoms with Crippen LogP contribution in [0.4, 0.5) is 0 Å². The fourth-order valence-corrected chi connectivity index (χ4v) is 2.08. The highest BCUT2D eigenvalue weighted by molar-refractivity contribution is 6.32. The van der Waals surface area contributed by atoms with E-state index >= 15 is 0 Å². The van der Waals surface area contributed by atoms with Crippen molar-refractivity contribution in [3.05, 3.63) is 46.5 Å². The molecule has 0 radical (unpaired) electrons. The minimum atomic E-state index is 0.860. The second-order valence-corrected chi connectivity index (χ2v) is 3.95. The van der Waals surface area contributed by atoms with E-state index in [1.165, 1.54) is 21.9 Å². The summed E-state index contributed by atoms with van der Waals surface area (Å²) in [5.74, 6) is 0. The Bertz CT molecular complexity index is 472. The second-order valence-electron chi connectivity index (χ2n) is 3.54. The molecule has 0 N–H and O–H groups in total. The van der Waals surface area contributed by atoms with Crippen molar-refractivity contribution >= 4 is 22.4 Å². The highest BCUT2D eigenvalue weighted by atomic mass is 35.5. The lowest BCUT2D eigenvalue weighted by Crippen LogP contribution is -1.87. The van der Waals surface area contributed by atoms with Gasteiger partial charge in [-0.15, -0.1) is 0 Å². The molecule has 1 heteroatoms. The molecule has 0 amide bonds. The van der Waals surface area contributed by atoms with Crippen LogP contribution < -0.4 is 0 Å². The van der Waals surface area contributed by atoms with E-state index in [0.717, 1.165) is 11.4 Å². The summed E-state index contributed by atoms with van der Waals surface area (Å²) in [4.78, 5) is 0. The third kappa shape index (κ3) is 2.38. The van der Waals surface area contributed by atoms with Gasteiger partial charge in [0.15, 0.2) is 0 Å². The van der Waals surface area contributed by atoms with E-state index in [1.54, 1.807) is 0 Å². The van der Waals surface area contributed by atoms with E-state index < -0.39 is 0 Å². The molecular formula is C15H19Cl. The molecular weight excluding hydrogens is 216 g/mol. The van der Waals surface area contributed by atoms with Gasteiger partial charge in [-0.2, -0.15) is 0 Å². The fourth-order valence-electron chi connectivity index (χ4n) is 1.92. The van der Waals surface area contributed by atoms with Gasteiger partial charge >= 0.3 is 0 Å². The van der Waals surface area contributed by atoms with E-state index in [4.69, 9.17) is 11.6 Å². The number of benzene rings is 2. The summed E-state index contributed by atoms with van der Waals surface area (Å²) in [5, 5.41) is 3.46. The summed E-state index contributed by atoms with van der Waals surface area (Å²) in [6.45, 7) is 8.26. The van der Waals surface area contributed by atoms with Gasteiger partial charge in [0, 0.05) is 5.02 Å². The standard InChI is InChI=1S/C13H13Cl.C2H6/c1-3-10-5-4-6-11-7-8-12(14)9(2)13(10)11;1-2/h4-8H,3H2,1-2H3;1-2H3. The number of hydrogen-bond acceptors (Lipinski definition) is 0. The summed E-state index contributed by atoms with van der Waals surface area (Å²) >= 11 is 6.12. The molecule has 0 nitrogen and oxygen atoms in total. The fraction of sp³-hybridized carbons (Fsp3) is 0.333. The summed E-state index contributed by atoms with van der Waals surface area (Å²) in [7, 11) is 0. The van der Waals surface area contributed by atoms with Crippen LogP contribution in [0.15, 0.2) is 30.3 Å². The van der Waals surface area contributed by atoms with E-state index in [1.807, 2.05) is 19.9 Å². The van der Waals surface area contributed by atoms with Crippen LogP contribution in [0.1, 0.15) is 31.9 Å². The molecule has 0 saturated carbocycles. The Hall–Kier alpha value is -1.01. The first-order valence-corrected chi connectivity index (χ1v) is 6.28. The molecule has 0 fully saturated rings. The van der Waals surface area contributed by atoms with Gasteiger partial charge in [0.2, 0.25) is 0 Å². The van der Waals surface area contributed by atoms with Crippen LogP contribution >= 0.6 is 11.6 Å². The SMILES string of the molecule is CC.CCc1cccc2ccc(Cl)c(C)c12. The van der Waals surface area contributed by atoms with Gasteiger partial charge in [-0.25, -0.2) is 0 Å². The number of hydrogen-bond donors (Lipinski definition) is 0. The van der Waals surface area contributed by atoms with Crippen molar-refractivity contribution in [1.82, 2.24) is 0 Å². The van der Waals surface area contributed by atoms with Crippen molar-refractivity contribution < 1.29 is 0 Å². The Morgan fingerprint density at radius 2 is 1.75 bits per heavy atom. The first-order valence-electron chi connectivity index (χ1n) is 5.90. The topological polar surface area (TPSA) is 0 Å². The molecule has 0 atom stereocenters. The molecule has 0 aliphatic heterocycles. The summed E-state index contributed by atoms with van der Waals surface area (Å²) in [6.07, 6.45) is 1.05. The second kappa shape index (κ2) is 5.91. The maximum Gasteiger partial charge on any atom is 0.0441 e. The van der Waals surface area contributed by atoms with E-state index in [9.17, 15) is 0 Å². The smallest absolute Gasteiger partial charge is 0.0441 e. The van der Waals surface area contributed by atoms with Crippen molar-refractivity contribution in [2.75, 3.05) is 0 Å². The monoisotopic (exact) mass is 234 g/mol. The molecule has 0 saturated heterocycles. The van der Waals surface area contributed by atoms with Gasteiger partial charge in [0.25, 0.3) is 0 Å². The van der Waals surface area contributed by atoms with Crippen LogP contribution in [0.25, 0.3) is 10.8 Å². The average Bonchev–Trinajstić information content (AvgIpc) is 2.35. The number of aryl methyl sites for hydroxylation is 2. The Balaban J connectivity index is 0.000000606. The maximum atomic E-state index is 6.12. The first-order chi connectivity index (χ1) is 7.74. The van der Waals surface area contributed by atoms with E-state index in [-0.39, 0.29) is 0 Å². The number of rotatable bonds is 1. The summed E-state index contributed by atoms with van der Waals surface area (Å²) in [6, 6.07) is 10.5. The third-order valence-corrected chi connectivity index (χ3v) is 3.12. The molecule has 0 unspecified atom stereocenters. The zero-order chi connectivity index (χ0) is 12.1. The lowest BCUT2D eigenvalue weighted by molar-refractivity contribution is 1.16. The quantitative estimate of drug-likeness (QED) is 0.621. The predicted octanol–water partition coefficient (Wildman–Crippen LogP) is 5.39. The molecule has 0 heterocycles. The van der Waals surface area contributed by atoms with Crippen molar-refractivity contribution in [1.29, 1.82) is 0 Å². The molecule has 2 aromatic carbocycles. The van der Waals surface area contributed by atoms with E-state index in [2.05, 4.69) is 38.1 Å². The molecule has 2 rings (SSSR count). The van der Waals surface area contributed by atoms with Gasteiger partial charge in [0.1, 0.15) is 0 Å². The summed E-state index contributed by atoms with van der Waals surface area (Å²) < 4.78 is 0. The van der Waals surface area contributed by atoms with Crippen molar-refractivity contribution in [3.63, 3.8) is 0 Å². The molecule has 16 heavy (non-hydrogen) atoms. The van der Waals surface area contributed by atoms with Crippen LogP contribution in [0.3, 0.4) is 0 Å². The Labute approximate surface area is 103 Å². The first kappa shape index (κ1) is 13.1. The molecule has 0 spiro atoms. The largest absolute Gasteiger partial charge is 0.0840 e. The predicted molar refractivity (Wildman–Crippen MR) is 74.4 cm³/mol. The molecule has 0 aromatic heterocycles. The van der Waals surface area contributed by atoms with Crippen LogP contribution in [0, 0.1) is 6.92 Å². The van der Waals surface area contributed by atoms with Crippen LogP contribution in [-0.4, -0.2) is 0 Å². The van der Waals surface area contributed by atoms with Crippen molar-refractivity contribution in [2.24, 2.45) is 0 Å².